The third-order valence-corrected chi connectivity index (χ3v) is 10.2. The molecular weight excluding hydrogens is 802 g/mol. The van der Waals surface area contributed by atoms with Crippen LogP contribution in [0.15, 0.2) is 60.7 Å². The first-order valence-electron chi connectivity index (χ1n) is 20.7. The van der Waals surface area contributed by atoms with Crippen LogP contribution in [0, 0.1) is 29.6 Å². The Labute approximate surface area is 365 Å². The molecule has 2 aromatic rings. The fraction of sp³-hybridized carbons (Fsp3) is 0.532. The third kappa shape index (κ3) is 17.0. The maximum atomic E-state index is 13.7. The number of halogens is 1. The van der Waals surface area contributed by atoms with Crippen molar-refractivity contribution in [1.82, 2.24) is 16.0 Å². The summed E-state index contributed by atoms with van der Waals surface area (Å²) in [4.78, 5) is 79.0. The molecule has 0 spiro atoms. The maximum Gasteiger partial charge on any atom is 0.407 e. The zero-order chi connectivity index (χ0) is 45.7. The number of benzene rings is 2. The van der Waals surface area contributed by atoms with E-state index in [0.717, 1.165) is 22.3 Å². The highest BCUT2D eigenvalue weighted by molar-refractivity contribution is 6.31. The first-order chi connectivity index (χ1) is 28.3. The van der Waals surface area contributed by atoms with E-state index >= 15 is 0 Å². The van der Waals surface area contributed by atoms with Gasteiger partial charge in [-0.15, -0.1) is 0 Å². The average Bonchev–Trinajstić information content (AvgIpc) is 3.16. The molecule has 0 saturated carbocycles. The van der Waals surface area contributed by atoms with Gasteiger partial charge in [-0.05, 0) is 102 Å². The number of nitrogens with one attached hydrogen (secondary N) is 3. The summed E-state index contributed by atoms with van der Waals surface area (Å²) in [5, 5.41) is 8.70. The van der Waals surface area contributed by atoms with Crippen LogP contribution in [0.25, 0.3) is 6.08 Å². The van der Waals surface area contributed by atoms with Crippen molar-refractivity contribution in [3.63, 3.8) is 0 Å². The highest BCUT2D eigenvalue weighted by Gasteiger charge is 2.37. The molecule has 61 heavy (non-hydrogen) atoms. The molecule has 0 fully saturated rings. The van der Waals surface area contributed by atoms with Crippen LogP contribution < -0.4 is 16.0 Å². The number of carbonyl (C=O) groups excluding carboxylic acids is 6. The molecule has 3 amide bonds. The van der Waals surface area contributed by atoms with Gasteiger partial charge in [0.15, 0.2) is 6.10 Å². The minimum Gasteiger partial charge on any atom is -0.460 e. The SMILES string of the molecule is Cc1ccc(CC2NC(=O)/C=C/CC(C(C)/C=C/c3ccc(COC(=O)C(C)(C)CNC(=O)OC(C)(C)C)cc3)OC(=O)C(CC(C)C)OC(=O)C(C)(C)CNC2=O)cc1Cl. The van der Waals surface area contributed by atoms with E-state index in [0.29, 0.717) is 5.02 Å². The number of ether oxygens (including phenoxy) is 4. The first-order valence-corrected chi connectivity index (χ1v) is 21.1. The summed E-state index contributed by atoms with van der Waals surface area (Å²) in [6.45, 7) is 19.3. The number of aryl methyl sites for hydroxylation is 1. The number of amides is 3. The molecule has 4 atom stereocenters. The zero-order valence-electron chi connectivity index (χ0n) is 37.4. The molecule has 1 aliphatic rings. The van der Waals surface area contributed by atoms with Crippen LogP contribution >= 0.6 is 11.6 Å². The summed E-state index contributed by atoms with van der Waals surface area (Å²) in [6.07, 6.45) is 4.55. The number of esters is 3. The molecule has 3 N–H and O–H groups in total. The number of hydrogen-bond acceptors (Lipinski definition) is 10. The van der Waals surface area contributed by atoms with Crippen LogP contribution in [-0.4, -0.2) is 72.8 Å². The van der Waals surface area contributed by atoms with Gasteiger partial charge >= 0.3 is 24.0 Å². The van der Waals surface area contributed by atoms with Gasteiger partial charge in [-0.1, -0.05) is 87.0 Å². The standard InChI is InChI=1S/C47H64ClN3O10/c1-29(2)23-38-41(54)59-37(31(4)16-17-32-19-21-33(22-20-32)26-58-42(55)46(8,9)28-50-44(57)61-45(5,6)7)13-12-14-39(52)51-36(25-34-18-15-30(3)35(48)24-34)40(53)49-27-47(10,11)43(56)60-38/h12,14-22,24,29,31,36-38H,13,23,25-28H2,1-11H3,(H,49,53)(H,50,57)(H,51,52)/b14-12+,17-16+. The van der Waals surface area contributed by atoms with Gasteiger partial charge in [0.1, 0.15) is 24.4 Å². The molecule has 0 aromatic heterocycles. The number of cyclic esters (lactones) is 2. The molecule has 1 aliphatic heterocycles. The number of rotatable bonds is 12. The van der Waals surface area contributed by atoms with Crippen molar-refractivity contribution in [3.05, 3.63) is 88.0 Å². The van der Waals surface area contributed by atoms with E-state index in [9.17, 15) is 28.8 Å². The summed E-state index contributed by atoms with van der Waals surface area (Å²) in [5.74, 6) is -3.29. The van der Waals surface area contributed by atoms with Gasteiger partial charge in [-0.25, -0.2) is 9.59 Å². The van der Waals surface area contributed by atoms with Gasteiger partial charge in [0.2, 0.25) is 11.8 Å². The highest BCUT2D eigenvalue weighted by Crippen LogP contribution is 2.25. The second-order valence-corrected chi connectivity index (χ2v) is 18.8. The lowest BCUT2D eigenvalue weighted by Gasteiger charge is -2.29. The molecule has 334 valence electrons. The van der Waals surface area contributed by atoms with Crippen LogP contribution in [0.2, 0.25) is 5.02 Å². The lowest BCUT2D eigenvalue weighted by atomic mass is 9.93. The number of carbonyl (C=O) groups is 6. The highest BCUT2D eigenvalue weighted by atomic mass is 35.5. The van der Waals surface area contributed by atoms with E-state index in [1.165, 1.54) is 6.08 Å². The lowest BCUT2D eigenvalue weighted by Crippen LogP contribution is -2.51. The summed E-state index contributed by atoms with van der Waals surface area (Å²) < 4.78 is 22.7. The summed E-state index contributed by atoms with van der Waals surface area (Å²) in [5.41, 5.74) is 0.298. The Balaban J connectivity index is 1.79. The van der Waals surface area contributed by atoms with E-state index in [4.69, 9.17) is 30.5 Å². The van der Waals surface area contributed by atoms with Crippen molar-refractivity contribution >= 4 is 53.5 Å². The first kappa shape index (κ1) is 50.2. The second kappa shape index (κ2) is 22.1. The largest absolute Gasteiger partial charge is 0.460 e. The third-order valence-electron chi connectivity index (χ3n) is 9.82. The van der Waals surface area contributed by atoms with Crippen molar-refractivity contribution in [2.45, 2.75) is 126 Å². The quantitative estimate of drug-likeness (QED) is 0.142. The minimum atomic E-state index is -1.23. The van der Waals surface area contributed by atoms with Gasteiger partial charge < -0.3 is 34.9 Å². The molecule has 0 bridgehead atoms. The molecular formula is C47H64ClN3O10. The van der Waals surface area contributed by atoms with Gasteiger partial charge in [0, 0.05) is 36.9 Å². The van der Waals surface area contributed by atoms with E-state index < -0.39 is 70.5 Å². The maximum absolute atomic E-state index is 13.7. The molecule has 0 radical (unpaired) electrons. The molecule has 4 unspecified atom stereocenters. The van der Waals surface area contributed by atoms with Gasteiger partial charge in [-0.2, -0.15) is 0 Å². The zero-order valence-corrected chi connectivity index (χ0v) is 38.2. The van der Waals surface area contributed by atoms with Gasteiger partial charge in [-0.3, -0.25) is 19.2 Å². The van der Waals surface area contributed by atoms with Gasteiger partial charge in [0.05, 0.1) is 10.8 Å². The molecule has 0 aliphatic carbocycles. The van der Waals surface area contributed by atoms with Gasteiger partial charge in [0.25, 0.3) is 0 Å². The smallest absolute Gasteiger partial charge is 0.407 e. The summed E-state index contributed by atoms with van der Waals surface area (Å²) in [6, 6.07) is 11.8. The van der Waals surface area contributed by atoms with Crippen molar-refractivity contribution in [1.29, 1.82) is 0 Å². The monoisotopic (exact) mass is 865 g/mol. The molecule has 14 heteroatoms. The Morgan fingerprint density at radius 1 is 0.984 bits per heavy atom. The fourth-order valence-corrected chi connectivity index (χ4v) is 6.08. The van der Waals surface area contributed by atoms with Crippen LogP contribution in [0.1, 0.15) is 104 Å². The Hall–Kier alpha value is -5.17. The van der Waals surface area contributed by atoms with Crippen LogP contribution in [0.5, 0.6) is 0 Å². The molecule has 3 rings (SSSR count). The van der Waals surface area contributed by atoms with E-state index in [1.54, 1.807) is 60.6 Å². The predicted molar refractivity (Wildman–Crippen MR) is 234 cm³/mol. The Morgan fingerprint density at radius 2 is 1.64 bits per heavy atom. The van der Waals surface area contributed by atoms with Crippen molar-refractivity contribution in [2.24, 2.45) is 22.7 Å². The van der Waals surface area contributed by atoms with E-state index in [2.05, 4.69) is 16.0 Å². The molecule has 1 heterocycles. The second-order valence-electron chi connectivity index (χ2n) is 18.4. The lowest BCUT2D eigenvalue weighted by molar-refractivity contribution is -0.178. The average molecular weight is 866 g/mol. The van der Waals surface area contributed by atoms with Crippen molar-refractivity contribution < 1.29 is 47.7 Å². The van der Waals surface area contributed by atoms with Crippen LogP contribution in [0.4, 0.5) is 4.79 Å². The van der Waals surface area contributed by atoms with E-state index in [1.807, 2.05) is 76.2 Å². The van der Waals surface area contributed by atoms with E-state index in [-0.39, 0.29) is 50.8 Å². The molecule has 13 nitrogen and oxygen atoms in total. The van der Waals surface area contributed by atoms with Crippen molar-refractivity contribution in [2.75, 3.05) is 13.1 Å². The molecule has 2 aromatic carbocycles. The Kier molecular flexibility index (Phi) is 18.2. The molecule has 0 saturated heterocycles. The topological polar surface area (TPSA) is 175 Å². The van der Waals surface area contributed by atoms with Crippen LogP contribution in [0.3, 0.4) is 0 Å². The minimum absolute atomic E-state index is 0.0201. The predicted octanol–water partition coefficient (Wildman–Crippen LogP) is 7.59. The number of hydrogen-bond donors (Lipinski definition) is 3. The van der Waals surface area contributed by atoms with Crippen LogP contribution in [-0.2, 0) is 55.9 Å². The number of alkyl carbamates (subject to hydrolysis) is 1. The summed E-state index contributed by atoms with van der Waals surface area (Å²) >= 11 is 6.36. The Bertz CT molecular complexity index is 1930. The fourth-order valence-electron chi connectivity index (χ4n) is 5.88. The normalized spacial score (nSPS) is 20.5. The van der Waals surface area contributed by atoms with Crippen molar-refractivity contribution in [3.8, 4) is 0 Å². The summed E-state index contributed by atoms with van der Waals surface area (Å²) in [7, 11) is 0. The Morgan fingerprint density at radius 3 is 2.26 bits per heavy atom.